The van der Waals surface area contributed by atoms with Crippen LogP contribution in [0.1, 0.15) is 6.92 Å². The molecule has 1 N–H and O–H groups in total. The average Bonchev–Trinajstić information content (AvgIpc) is 0.918. The van der Waals surface area contributed by atoms with Crippen molar-refractivity contribution in [3.05, 3.63) is 5.73 Å². The molecule has 0 rings (SSSR count). The van der Waals surface area contributed by atoms with Gasteiger partial charge in [-0.1, -0.05) is 6.92 Å². The first kappa shape index (κ1) is 8.83. The summed E-state index contributed by atoms with van der Waals surface area (Å²) in [6, 6.07) is 0. The van der Waals surface area contributed by atoms with Crippen LogP contribution in [0.2, 0.25) is 0 Å². The maximum Gasteiger partial charge on any atom is 0 e. The molecule has 0 heterocycles. The van der Waals surface area contributed by atoms with E-state index >= 15 is 0 Å². The van der Waals surface area contributed by atoms with Crippen molar-refractivity contribution < 1.29 is 22.4 Å². The van der Waals surface area contributed by atoms with Gasteiger partial charge in [-0.2, -0.15) is 6.54 Å². The van der Waals surface area contributed by atoms with Gasteiger partial charge in [0.05, 0.1) is 0 Å². The van der Waals surface area contributed by atoms with Gasteiger partial charge < -0.3 is 5.73 Å². The average molecular weight is 225 g/mol. The Bertz CT molecular complexity index is 6.00. The molecule has 0 bridgehead atoms. The standard InChI is InChI=1S/C2H6N.Ta/c1-2-3;/h3H,2H2,1H3;/q-1;. The molecule has 0 unspecified atom stereocenters. The Morgan fingerprint density at radius 2 is 1.75 bits per heavy atom. The molecule has 0 amide bonds. The molecule has 1 radical (unpaired) electrons. The summed E-state index contributed by atoms with van der Waals surface area (Å²) in [4.78, 5) is 0. The third-order valence-corrected chi connectivity index (χ3v) is 0. The monoisotopic (exact) mass is 225 g/mol. The first-order valence-corrected chi connectivity index (χ1v) is 1.06. The van der Waals surface area contributed by atoms with Crippen LogP contribution in [0.3, 0.4) is 0 Å². The predicted octanol–water partition coefficient (Wildman–Crippen LogP) is 1.06. The minimum Gasteiger partial charge on any atom is -0.678 e. The first-order chi connectivity index (χ1) is 1.41. The van der Waals surface area contributed by atoms with Crippen LogP contribution in [0.15, 0.2) is 0 Å². The van der Waals surface area contributed by atoms with Crippen molar-refractivity contribution in [1.29, 1.82) is 0 Å². The maximum atomic E-state index is 6.21. The van der Waals surface area contributed by atoms with Gasteiger partial charge in [0.15, 0.2) is 0 Å². The Morgan fingerprint density at radius 1 is 1.75 bits per heavy atom. The smallest absolute Gasteiger partial charge is 0 e. The fraction of sp³-hybridized carbons (Fsp3) is 1.00. The Kier molecular flexibility index (Phi) is 20.6. The van der Waals surface area contributed by atoms with Gasteiger partial charge in [-0.05, 0) is 0 Å². The molecule has 0 aromatic heterocycles. The van der Waals surface area contributed by atoms with Gasteiger partial charge in [0.2, 0.25) is 0 Å². The fourth-order valence-electron chi connectivity index (χ4n) is 0. The van der Waals surface area contributed by atoms with Gasteiger partial charge >= 0.3 is 0 Å². The van der Waals surface area contributed by atoms with Crippen molar-refractivity contribution in [3.8, 4) is 0 Å². The van der Waals surface area contributed by atoms with Gasteiger partial charge in [0.1, 0.15) is 0 Å². The van der Waals surface area contributed by atoms with Crippen LogP contribution in [0.4, 0.5) is 0 Å². The van der Waals surface area contributed by atoms with Crippen molar-refractivity contribution in [1.82, 2.24) is 0 Å². The van der Waals surface area contributed by atoms with Crippen LogP contribution in [0, 0.1) is 0 Å². The topological polar surface area (TPSA) is 23.8 Å². The molecule has 0 aromatic carbocycles. The second-order valence-corrected chi connectivity index (χ2v) is 0.354. The van der Waals surface area contributed by atoms with E-state index in [0.29, 0.717) is 6.54 Å². The third kappa shape index (κ3) is 15.9. The van der Waals surface area contributed by atoms with Gasteiger partial charge in [0.25, 0.3) is 0 Å². The zero-order valence-corrected chi connectivity index (χ0v) is 5.87. The van der Waals surface area contributed by atoms with E-state index in [0.717, 1.165) is 0 Å². The minimum atomic E-state index is 0. The molecule has 0 aromatic rings. The first-order valence-electron chi connectivity index (χ1n) is 1.06. The van der Waals surface area contributed by atoms with E-state index in [4.69, 9.17) is 5.73 Å². The molecule has 0 aliphatic heterocycles. The summed E-state index contributed by atoms with van der Waals surface area (Å²) in [5, 5.41) is 0. The van der Waals surface area contributed by atoms with E-state index in [1.165, 1.54) is 0 Å². The summed E-state index contributed by atoms with van der Waals surface area (Å²) in [5.41, 5.74) is 6.21. The van der Waals surface area contributed by atoms with Gasteiger partial charge in [-0.15, -0.1) is 0 Å². The van der Waals surface area contributed by atoms with Crippen molar-refractivity contribution in [3.63, 3.8) is 0 Å². The molecular weight excluding hydrogens is 219 g/mol. The van der Waals surface area contributed by atoms with E-state index in [-0.39, 0.29) is 22.4 Å². The van der Waals surface area contributed by atoms with E-state index in [1.807, 2.05) is 0 Å². The Hall–Kier alpha value is 0.700. The van der Waals surface area contributed by atoms with Crippen LogP contribution in [0.25, 0.3) is 5.73 Å². The number of hydrogen-bond acceptors (Lipinski definition) is 0. The zero-order valence-electron chi connectivity index (χ0n) is 2.65. The Balaban J connectivity index is 0. The normalized spacial score (nSPS) is 4.50. The van der Waals surface area contributed by atoms with Crippen molar-refractivity contribution in [2.75, 3.05) is 6.54 Å². The van der Waals surface area contributed by atoms with Crippen molar-refractivity contribution in [2.45, 2.75) is 6.92 Å². The van der Waals surface area contributed by atoms with Crippen molar-refractivity contribution >= 4 is 0 Å². The molecule has 1 nitrogen and oxygen atoms in total. The molecule has 0 atom stereocenters. The Labute approximate surface area is 42.1 Å². The third-order valence-electron chi connectivity index (χ3n) is 0. The van der Waals surface area contributed by atoms with E-state index in [9.17, 15) is 0 Å². The summed E-state index contributed by atoms with van der Waals surface area (Å²) in [5.74, 6) is 0. The summed E-state index contributed by atoms with van der Waals surface area (Å²) >= 11 is 0. The van der Waals surface area contributed by atoms with Gasteiger partial charge in [-0.3, -0.25) is 0 Å². The van der Waals surface area contributed by atoms with Gasteiger partial charge in [-0.25, -0.2) is 0 Å². The molecule has 4 heavy (non-hydrogen) atoms. The largest absolute Gasteiger partial charge is 0.678 e. The second kappa shape index (κ2) is 9.33. The molecule has 0 saturated heterocycles. The summed E-state index contributed by atoms with van der Waals surface area (Å²) in [6.07, 6.45) is 0. The molecule has 25 valence electrons. The van der Waals surface area contributed by atoms with Crippen LogP contribution >= 0.6 is 0 Å². The van der Waals surface area contributed by atoms with Crippen LogP contribution in [-0.4, -0.2) is 6.54 Å². The van der Waals surface area contributed by atoms with E-state index in [1.54, 1.807) is 6.92 Å². The molecule has 0 saturated carbocycles. The molecule has 0 aliphatic carbocycles. The molecule has 0 fully saturated rings. The zero-order chi connectivity index (χ0) is 2.71. The van der Waals surface area contributed by atoms with Crippen LogP contribution in [-0.2, 0) is 22.4 Å². The molecule has 2 heteroatoms. The second-order valence-electron chi connectivity index (χ2n) is 0.354. The quantitative estimate of drug-likeness (QED) is 0.588. The SMILES string of the molecule is CC[NH-].[Ta]. The predicted molar refractivity (Wildman–Crippen MR) is 14.9 cm³/mol. The minimum absolute atomic E-state index is 0. The summed E-state index contributed by atoms with van der Waals surface area (Å²) < 4.78 is 0. The molecule has 0 spiro atoms. The summed E-state index contributed by atoms with van der Waals surface area (Å²) in [6.45, 7) is 2.29. The van der Waals surface area contributed by atoms with Crippen LogP contribution in [0.5, 0.6) is 0 Å². The van der Waals surface area contributed by atoms with Crippen molar-refractivity contribution in [2.24, 2.45) is 0 Å². The number of hydrogen-bond donors (Lipinski definition) is 0. The van der Waals surface area contributed by atoms with Crippen LogP contribution < -0.4 is 0 Å². The van der Waals surface area contributed by atoms with E-state index in [2.05, 4.69) is 0 Å². The molecule has 0 aliphatic rings. The number of rotatable bonds is 0. The Morgan fingerprint density at radius 3 is 1.75 bits per heavy atom. The fourth-order valence-corrected chi connectivity index (χ4v) is 0. The van der Waals surface area contributed by atoms with Gasteiger partial charge in [0, 0.05) is 22.4 Å². The summed E-state index contributed by atoms with van der Waals surface area (Å²) in [7, 11) is 0. The maximum absolute atomic E-state index is 6.21. The molecular formula is C2H6NTa-. The van der Waals surface area contributed by atoms with E-state index < -0.39 is 0 Å². The number of nitrogens with one attached hydrogen (secondary N) is 1.